The zero-order valence-corrected chi connectivity index (χ0v) is 20.2. The van der Waals surface area contributed by atoms with Crippen molar-refractivity contribution in [2.75, 3.05) is 23.3 Å². The number of aliphatic imine (C=N–C) groups is 1. The molecule has 0 aliphatic carbocycles. The van der Waals surface area contributed by atoms with Gasteiger partial charge in [-0.2, -0.15) is 8.78 Å². The number of hydrogen-bond donors (Lipinski definition) is 2. The number of anilines is 2. The number of carbonyl (C=O) groups is 1. The number of alkyl halides is 2. The molecule has 0 saturated carbocycles. The Morgan fingerprint density at radius 3 is 2.83 bits per heavy atom. The van der Waals surface area contributed by atoms with E-state index < -0.39 is 6.61 Å². The molecule has 1 saturated heterocycles. The summed E-state index contributed by atoms with van der Waals surface area (Å²) in [5.41, 5.74) is 9.62. The highest BCUT2D eigenvalue weighted by Crippen LogP contribution is 2.36. The lowest BCUT2D eigenvalue weighted by Gasteiger charge is -2.33. The number of fused-ring (bicyclic) bond motifs is 1. The molecule has 1 aromatic heterocycles. The third kappa shape index (κ3) is 5.63. The van der Waals surface area contributed by atoms with Crippen LogP contribution in [0.3, 0.4) is 0 Å². The lowest BCUT2D eigenvalue weighted by Crippen LogP contribution is -2.40. The molecule has 182 valence electrons. The molecule has 11 heteroatoms. The number of aromatic nitrogens is 1. The first-order valence-corrected chi connectivity index (χ1v) is 12.8. The molecule has 2 aliphatic rings. The molecule has 2 aliphatic heterocycles. The fourth-order valence-electron chi connectivity index (χ4n) is 4.08. The number of nitrogens with two attached hydrogens (primary N) is 1. The first-order valence-electron chi connectivity index (χ1n) is 11.1. The molecule has 0 bridgehead atoms. The molecule has 3 N–H and O–H groups in total. The van der Waals surface area contributed by atoms with Gasteiger partial charge in [0.2, 0.25) is 0 Å². The molecule has 0 atom stereocenters. The number of amides is 1. The molecule has 0 radical (unpaired) electrons. The number of thioether (sulfide) groups is 1. The fourth-order valence-corrected chi connectivity index (χ4v) is 5.94. The number of benzene rings is 2. The predicted octanol–water partition coefficient (Wildman–Crippen LogP) is 5.30. The van der Waals surface area contributed by atoms with E-state index in [1.165, 1.54) is 29.2 Å². The molecule has 5 rings (SSSR count). The van der Waals surface area contributed by atoms with Crippen molar-refractivity contribution in [3.63, 3.8) is 0 Å². The molecule has 3 heterocycles. The Labute approximate surface area is 209 Å². The van der Waals surface area contributed by atoms with Gasteiger partial charge in [0.05, 0.1) is 22.1 Å². The van der Waals surface area contributed by atoms with Crippen molar-refractivity contribution < 1.29 is 18.3 Å². The second kappa shape index (κ2) is 10.3. The SMILES string of the molecule is NC1CCN(c2ccccc2NC(=O)c2csc(SC3=Nc4ccc(OC(F)F)cc4C3)n2)CC1. The highest BCUT2D eigenvalue weighted by Gasteiger charge is 2.22. The molecule has 0 spiro atoms. The van der Waals surface area contributed by atoms with Gasteiger partial charge in [-0.3, -0.25) is 4.79 Å². The number of ether oxygens (including phenoxy) is 1. The van der Waals surface area contributed by atoms with Crippen LogP contribution in [-0.2, 0) is 6.42 Å². The number of thiazole rings is 1. The van der Waals surface area contributed by atoms with E-state index in [-0.39, 0.29) is 17.7 Å². The summed E-state index contributed by atoms with van der Waals surface area (Å²) in [7, 11) is 0. The van der Waals surface area contributed by atoms with Crippen molar-refractivity contribution in [1.82, 2.24) is 4.98 Å². The zero-order valence-electron chi connectivity index (χ0n) is 18.6. The molecule has 35 heavy (non-hydrogen) atoms. The Morgan fingerprint density at radius 1 is 1.23 bits per heavy atom. The molecule has 2 aromatic carbocycles. The van der Waals surface area contributed by atoms with Gasteiger partial charge in [0.25, 0.3) is 5.91 Å². The monoisotopic (exact) mass is 515 g/mol. The number of para-hydroxylation sites is 2. The number of rotatable bonds is 6. The summed E-state index contributed by atoms with van der Waals surface area (Å²) >= 11 is 2.73. The fraction of sp³-hybridized carbons (Fsp3) is 0.292. The van der Waals surface area contributed by atoms with Crippen LogP contribution in [0.4, 0.5) is 25.8 Å². The van der Waals surface area contributed by atoms with Gasteiger partial charge in [0, 0.05) is 30.9 Å². The van der Waals surface area contributed by atoms with Gasteiger partial charge in [-0.1, -0.05) is 12.1 Å². The summed E-state index contributed by atoms with van der Waals surface area (Å²) in [5.74, 6) is -0.166. The average molecular weight is 516 g/mol. The van der Waals surface area contributed by atoms with Gasteiger partial charge in [0.1, 0.15) is 11.4 Å². The maximum absolute atomic E-state index is 12.9. The van der Waals surface area contributed by atoms with Crippen molar-refractivity contribution in [3.05, 3.63) is 59.1 Å². The van der Waals surface area contributed by atoms with E-state index in [0.29, 0.717) is 16.5 Å². The van der Waals surface area contributed by atoms with Crippen molar-refractivity contribution in [3.8, 4) is 5.75 Å². The Hall–Kier alpha value is -3.02. The molecule has 7 nitrogen and oxygen atoms in total. The van der Waals surface area contributed by atoms with Crippen molar-refractivity contribution in [1.29, 1.82) is 0 Å². The molecule has 0 unspecified atom stereocenters. The summed E-state index contributed by atoms with van der Waals surface area (Å²) in [6.45, 7) is -1.16. The lowest BCUT2D eigenvalue weighted by molar-refractivity contribution is -0.0498. The van der Waals surface area contributed by atoms with Gasteiger partial charge >= 0.3 is 6.61 Å². The number of carbonyl (C=O) groups excluding carboxylic acids is 1. The van der Waals surface area contributed by atoms with E-state index in [1.54, 1.807) is 17.5 Å². The smallest absolute Gasteiger partial charge is 0.387 e. The highest BCUT2D eigenvalue weighted by molar-refractivity contribution is 8.15. The number of piperidine rings is 1. The van der Waals surface area contributed by atoms with Crippen LogP contribution < -0.4 is 20.7 Å². The Balaban J connectivity index is 1.22. The normalized spacial score (nSPS) is 15.8. The maximum atomic E-state index is 12.9. The Morgan fingerprint density at radius 2 is 2.03 bits per heavy atom. The largest absolute Gasteiger partial charge is 0.435 e. The quantitative estimate of drug-likeness (QED) is 0.463. The number of halogens is 2. The van der Waals surface area contributed by atoms with E-state index in [4.69, 9.17) is 5.73 Å². The van der Waals surface area contributed by atoms with Crippen LogP contribution in [-0.4, -0.2) is 41.7 Å². The highest BCUT2D eigenvalue weighted by atomic mass is 32.2. The van der Waals surface area contributed by atoms with Crippen LogP contribution in [0.25, 0.3) is 0 Å². The van der Waals surface area contributed by atoms with E-state index in [1.807, 2.05) is 24.3 Å². The van der Waals surface area contributed by atoms with Crippen LogP contribution in [0.15, 0.2) is 57.2 Å². The predicted molar refractivity (Wildman–Crippen MR) is 136 cm³/mol. The molecular weight excluding hydrogens is 492 g/mol. The van der Waals surface area contributed by atoms with E-state index >= 15 is 0 Å². The van der Waals surface area contributed by atoms with Gasteiger partial charge < -0.3 is 20.7 Å². The first kappa shape index (κ1) is 23.7. The van der Waals surface area contributed by atoms with Crippen LogP contribution >= 0.6 is 23.1 Å². The van der Waals surface area contributed by atoms with Gasteiger partial charge in [-0.05, 0) is 60.5 Å². The summed E-state index contributed by atoms with van der Waals surface area (Å²) in [6.07, 6.45) is 2.33. The van der Waals surface area contributed by atoms with E-state index in [2.05, 4.69) is 24.9 Å². The minimum Gasteiger partial charge on any atom is -0.435 e. The molecule has 1 amide bonds. The third-order valence-electron chi connectivity index (χ3n) is 5.82. The summed E-state index contributed by atoms with van der Waals surface area (Å²) < 4.78 is 30.1. The summed E-state index contributed by atoms with van der Waals surface area (Å²) in [4.78, 5) is 24.2. The van der Waals surface area contributed by atoms with E-state index in [0.717, 1.165) is 53.6 Å². The van der Waals surface area contributed by atoms with Crippen molar-refractivity contribution in [2.24, 2.45) is 10.7 Å². The molecular formula is C24H23F2N5O2S2. The minimum absolute atomic E-state index is 0.112. The molecule has 3 aromatic rings. The van der Waals surface area contributed by atoms with Gasteiger partial charge in [-0.25, -0.2) is 9.98 Å². The Kier molecular flexibility index (Phi) is 6.98. The zero-order chi connectivity index (χ0) is 24.4. The van der Waals surface area contributed by atoms with Crippen molar-refractivity contribution >= 4 is 51.1 Å². The van der Waals surface area contributed by atoms with Crippen LogP contribution in [0, 0.1) is 0 Å². The van der Waals surface area contributed by atoms with Crippen LogP contribution in [0.5, 0.6) is 5.75 Å². The third-order valence-corrected chi connectivity index (χ3v) is 7.73. The van der Waals surface area contributed by atoms with Gasteiger partial charge in [0.15, 0.2) is 4.34 Å². The standard InChI is InChI=1S/C24H23F2N5O2S2/c25-23(26)33-16-5-6-17-14(11-16)12-21(28-17)35-24-30-19(13-34-24)22(32)29-18-3-1-2-4-20(18)31-9-7-15(27)8-10-31/h1-6,11,13,15,23H,7-10,12,27H2,(H,29,32). The topological polar surface area (TPSA) is 92.8 Å². The van der Waals surface area contributed by atoms with Crippen LogP contribution in [0.1, 0.15) is 28.9 Å². The van der Waals surface area contributed by atoms with Crippen molar-refractivity contribution in [2.45, 2.75) is 36.3 Å². The maximum Gasteiger partial charge on any atom is 0.387 e. The first-order chi connectivity index (χ1) is 16.9. The Bertz CT molecular complexity index is 1260. The van der Waals surface area contributed by atoms with Crippen LogP contribution in [0.2, 0.25) is 0 Å². The number of nitrogens with one attached hydrogen (secondary N) is 1. The minimum atomic E-state index is -2.87. The summed E-state index contributed by atoms with van der Waals surface area (Å²) in [5, 5.41) is 5.50. The number of nitrogens with zero attached hydrogens (tertiary/aromatic N) is 3. The average Bonchev–Trinajstić information content (AvgIpc) is 3.46. The second-order valence-corrected chi connectivity index (χ2v) is 10.4. The van der Waals surface area contributed by atoms with E-state index in [9.17, 15) is 13.6 Å². The van der Waals surface area contributed by atoms with Gasteiger partial charge in [-0.15, -0.1) is 11.3 Å². The second-order valence-electron chi connectivity index (χ2n) is 8.25. The summed E-state index contributed by atoms with van der Waals surface area (Å²) in [6, 6.07) is 12.7. The molecule has 1 fully saturated rings. The number of hydrogen-bond acceptors (Lipinski definition) is 8. The lowest BCUT2D eigenvalue weighted by atomic mass is 10.0.